The molecule has 0 saturated carbocycles. The predicted molar refractivity (Wildman–Crippen MR) is 119 cm³/mol. The van der Waals surface area contributed by atoms with Crippen molar-refractivity contribution in [1.82, 2.24) is 15.3 Å². The van der Waals surface area contributed by atoms with Gasteiger partial charge in [0.05, 0.1) is 17.3 Å². The molecule has 2 amide bonds. The summed E-state index contributed by atoms with van der Waals surface area (Å²) in [5, 5.41) is 9.00. The summed E-state index contributed by atoms with van der Waals surface area (Å²) in [7, 11) is 0. The van der Waals surface area contributed by atoms with E-state index in [-0.39, 0.29) is 17.9 Å². The van der Waals surface area contributed by atoms with Crippen LogP contribution in [-0.4, -0.2) is 21.8 Å². The second kappa shape index (κ2) is 8.42. The van der Waals surface area contributed by atoms with Gasteiger partial charge in [-0.05, 0) is 30.7 Å². The highest BCUT2D eigenvalue weighted by Crippen LogP contribution is 2.27. The van der Waals surface area contributed by atoms with Gasteiger partial charge in [0, 0.05) is 35.0 Å². The number of nitrogens with zero attached hydrogens (tertiary/aromatic N) is 2. The molecule has 150 valence electrons. The molecule has 2 aromatic carbocycles. The lowest BCUT2D eigenvalue weighted by atomic mass is 10.1. The summed E-state index contributed by atoms with van der Waals surface area (Å²) in [5.74, 6) is -0.276. The first-order valence-corrected chi connectivity index (χ1v) is 10.4. The second-order valence-corrected chi connectivity index (χ2v) is 7.77. The Labute approximate surface area is 178 Å². The summed E-state index contributed by atoms with van der Waals surface area (Å²) in [6, 6.07) is 17.0. The number of pyridine rings is 1. The summed E-state index contributed by atoms with van der Waals surface area (Å²) < 4.78 is 0. The van der Waals surface area contributed by atoms with Gasteiger partial charge >= 0.3 is 0 Å². The maximum Gasteiger partial charge on any atom is 0.258 e. The highest BCUT2D eigenvalue weighted by molar-refractivity contribution is 7.14. The molecule has 2 heterocycles. The van der Waals surface area contributed by atoms with E-state index in [0.717, 1.165) is 27.7 Å². The number of benzene rings is 2. The first-order valence-electron chi connectivity index (χ1n) is 9.49. The van der Waals surface area contributed by atoms with Crippen molar-refractivity contribution in [3.8, 4) is 11.3 Å². The standard InChI is InChI=1S/C23H20N4O2S/c1-14(25-15(2)28)16-8-10-17(11-9-16)21-13-30-23(26-21)27-22(29)19-5-3-7-20-18(19)6-4-12-24-20/h3-14H,1-2H3,(H,25,28)(H,26,27,29). The summed E-state index contributed by atoms with van der Waals surface area (Å²) >= 11 is 1.38. The number of anilines is 1. The monoisotopic (exact) mass is 416 g/mol. The Morgan fingerprint density at radius 2 is 1.83 bits per heavy atom. The molecule has 0 radical (unpaired) electrons. The molecule has 1 atom stereocenters. The number of rotatable bonds is 5. The third-order valence-electron chi connectivity index (χ3n) is 4.74. The molecule has 2 N–H and O–H groups in total. The Balaban J connectivity index is 1.50. The zero-order valence-corrected chi connectivity index (χ0v) is 17.4. The minimum atomic E-state index is -0.214. The largest absolute Gasteiger partial charge is 0.350 e. The maximum atomic E-state index is 12.8. The quantitative estimate of drug-likeness (QED) is 0.489. The molecule has 0 aliphatic carbocycles. The van der Waals surface area contributed by atoms with Crippen LogP contribution >= 0.6 is 11.3 Å². The van der Waals surface area contributed by atoms with Gasteiger partial charge in [0.25, 0.3) is 5.91 Å². The van der Waals surface area contributed by atoms with Crippen LogP contribution in [0, 0.1) is 0 Å². The molecule has 7 heteroatoms. The molecule has 2 aromatic heterocycles. The molecular formula is C23H20N4O2S. The lowest BCUT2D eigenvalue weighted by Gasteiger charge is -2.13. The molecule has 6 nitrogen and oxygen atoms in total. The van der Waals surface area contributed by atoms with Gasteiger partial charge in [-0.15, -0.1) is 11.3 Å². The smallest absolute Gasteiger partial charge is 0.258 e. The second-order valence-electron chi connectivity index (χ2n) is 6.91. The van der Waals surface area contributed by atoms with Crippen LogP contribution in [0.25, 0.3) is 22.2 Å². The first kappa shape index (κ1) is 19.7. The van der Waals surface area contributed by atoms with Crippen LogP contribution in [0.3, 0.4) is 0 Å². The number of hydrogen-bond acceptors (Lipinski definition) is 5. The van der Waals surface area contributed by atoms with Gasteiger partial charge in [-0.1, -0.05) is 36.4 Å². The number of hydrogen-bond donors (Lipinski definition) is 2. The van der Waals surface area contributed by atoms with Gasteiger partial charge < -0.3 is 5.32 Å². The Morgan fingerprint density at radius 3 is 2.60 bits per heavy atom. The number of nitrogens with one attached hydrogen (secondary N) is 2. The topological polar surface area (TPSA) is 84.0 Å². The van der Waals surface area contributed by atoms with E-state index in [9.17, 15) is 9.59 Å². The van der Waals surface area contributed by atoms with Gasteiger partial charge in [0.2, 0.25) is 5.91 Å². The number of thiazole rings is 1. The molecule has 0 saturated heterocycles. The average molecular weight is 417 g/mol. The van der Waals surface area contributed by atoms with Crippen molar-refractivity contribution in [1.29, 1.82) is 0 Å². The molecule has 0 bridgehead atoms. The molecule has 1 unspecified atom stereocenters. The molecule has 0 spiro atoms. The molecular weight excluding hydrogens is 396 g/mol. The van der Waals surface area contributed by atoms with Crippen LogP contribution in [-0.2, 0) is 4.79 Å². The van der Waals surface area contributed by atoms with E-state index in [4.69, 9.17) is 0 Å². The summed E-state index contributed by atoms with van der Waals surface area (Å²) in [4.78, 5) is 32.8. The van der Waals surface area contributed by atoms with E-state index >= 15 is 0 Å². The van der Waals surface area contributed by atoms with Gasteiger partial charge in [-0.3, -0.25) is 19.9 Å². The molecule has 4 rings (SSSR count). The van der Waals surface area contributed by atoms with Gasteiger partial charge in [0.1, 0.15) is 0 Å². The fourth-order valence-corrected chi connectivity index (χ4v) is 3.98. The van der Waals surface area contributed by atoms with E-state index in [1.54, 1.807) is 12.3 Å². The number of amides is 2. The molecule has 0 fully saturated rings. The number of fused-ring (bicyclic) bond motifs is 1. The molecule has 30 heavy (non-hydrogen) atoms. The summed E-state index contributed by atoms with van der Waals surface area (Å²) in [6.07, 6.45) is 1.71. The van der Waals surface area contributed by atoms with Crippen molar-refractivity contribution < 1.29 is 9.59 Å². The normalized spacial score (nSPS) is 11.8. The minimum Gasteiger partial charge on any atom is -0.350 e. The SMILES string of the molecule is CC(=O)NC(C)c1ccc(-c2csc(NC(=O)c3cccc4ncccc34)n2)cc1. The third-order valence-corrected chi connectivity index (χ3v) is 5.50. The maximum absolute atomic E-state index is 12.8. The minimum absolute atomic E-state index is 0.0583. The van der Waals surface area contributed by atoms with E-state index in [1.807, 2.05) is 60.8 Å². The molecule has 0 aliphatic rings. The van der Waals surface area contributed by atoms with Gasteiger partial charge in [0.15, 0.2) is 5.13 Å². The highest BCUT2D eigenvalue weighted by Gasteiger charge is 2.13. The number of carbonyl (C=O) groups is 2. The van der Waals surface area contributed by atoms with E-state index in [0.29, 0.717) is 10.7 Å². The van der Waals surface area contributed by atoms with Crippen LogP contribution < -0.4 is 10.6 Å². The zero-order chi connectivity index (χ0) is 21.1. The highest BCUT2D eigenvalue weighted by atomic mass is 32.1. The van der Waals surface area contributed by atoms with Crippen LogP contribution in [0.1, 0.15) is 35.8 Å². The van der Waals surface area contributed by atoms with Crippen molar-refractivity contribution >= 4 is 39.2 Å². The zero-order valence-electron chi connectivity index (χ0n) is 16.5. The first-order chi connectivity index (χ1) is 14.5. The number of carbonyl (C=O) groups excluding carboxylic acids is 2. The van der Waals surface area contributed by atoms with Crippen molar-refractivity contribution in [2.24, 2.45) is 0 Å². The van der Waals surface area contributed by atoms with E-state index in [1.165, 1.54) is 18.3 Å². The Hall–Kier alpha value is -3.58. The van der Waals surface area contributed by atoms with Crippen LogP contribution in [0.15, 0.2) is 66.2 Å². The van der Waals surface area contributed by atoms with Gasteiger partial charge in [-0.25, -0.2) is 4.98 Å². The van der Waals surface area contributed by atoms with E-state index in [2.05, 4.69) is 20.6 Å². The molecule has 4 aromatic rings. The third kappa shape index (κ3) is 4.21. The predicted octanol–water partition coefficient (Wildman–Crippen LogP) is 4.81. The van der Waals surface area contributed by atoms with Crippen molar-refractivity contribution in [3.05, 3.63) is 77.3 Å². The van der Waals surface area contributed by atoms with Gasteiger partial charge in [-0.2, -0.15) is 0 Å². The van der Waals surface area contributed by atoms with E-state index < -0.39 is 0 Å². The van der Waals surface area contributed by atoms with Crippen molar-refractivity contribution in [3.63, 3.8) is 0 Å². The Bertz CT molecular complexity index is 1210. The van der Waals surface area contributed by atoms with Crippen LogP contribution in [0.5, 0.6) is 0 Å². The van der Waals surface area contributed by atoms with Crippen LogP contribution in [0.4, 0.5) is 5.13 Å². The average Bonchev–Trinajstić information content (AvgIpc) is 3.21. The van der Waals surface area contributed by atoms with Crippen molar-refractivity contribution in [2.45, 2.75) is 19.9 Å². The van der Waals surface area contributed by atoms with Crippen LogP contribution in [0.2, 0.25) is 0 Å². The lowest BCUT2D eigenvalue weighted by molar-refractivity contribution is -0.119. The Kier molecular flexibility index (Phi) is 5.54. The fraction of sp³-hybridized carbons (Fsp3) is 0.130. The fourth-order valence-electron chi connectivity index (χ4n) is 3.26. The summed E-state index contributed by atoms with van der Waals surface area (Å²) in [5.41, 5.74) is 4.09. The molecule has 0 aliphatic heterocycles. The Morgan fingerprint density at radius 1 is 1.03 bits per heavy atom. The lowest BCUT2D eigenvalue weighted by Crippen LogP contribution is -2.23. The summed E-state index contributed by atoms with van der Waals surface area (Å²) in [6.45, 7) is 3.44. The van der Waals surface area contributed by atoms with Crippen molar-refractivity contribution in [2.75, 3.05) is 5.32 Å². The number of aromatic nitrogens is 2.